The monoisotopic (exact) mass is 347 g/mol. The van der Waals surface area contributed by atoms with Crippen molar-refractivity contribution in [3.63, 3.8) is 0 Å². The standard InChI is InChI=1S/C18H29N5S/c1-14-22-15-9-6-7-10-16(15)23(14)12-8-11-20-17(19-4)21-13-18(2,3)24-5/h6-7,9-10H,8,11-13H2,1-5H3,(H2,19,20,21). The van der Waals surface area contributed by atoms with Crippen LogP contribution in [0.4, 0.5) is 0 Å². The number of imidazole rings is 1. The highest BCUT2D eigenvalue weighted by molar-refractivity contribution is 7.99. The normalized spacial score (nSPS) is 12.6. The van der Waals surface area contributed by atoms with Gasteiger partial charge in [0.15, 0.2) is 5.96 Å². The van der Waals surface area contributed by atoms with Crippen molar-refractivity contribution in [2.45, 2.75) is 38.5 Å². The van der Waals surface area contributed by atoms with Crippen molar-refractivity contribution in [3.05, 3.63) is 30.1 Å². The summed E-state index contributed by atoms with van der Waals surface area (Å²) in [4.78, 5) is 8.91. The van der Waals surface area contributed by atoms with Gasteiger partial charge in [-0.2, -0.15) is 11.8 Å². The first-order valence-corrected chi connectivity index (χ1v) is 9.61. The molecule has 0 atom stereocenters. The third kappa shape index (κ3) is 4.90. The largest absolute Gasteiger partial charge is 0.356 e. The lowest BCUT2D eigenvalue weighted by Crippen LogP contribution is -2.43. The van der Waals surface area contributed by atoms with Crippen LogP contribution in [0.2, 0.25) is 0 Å². The first-order valence-electron chi connectivity index (χ1n) is 8.38. The van der Waals surface area contributed by atoms with Crippen molar-refractivity contribution < 1.29 is 0 Å². The number of aryl methyl sites for hydroxylation is 2. The smallest absolute Gasteiger partial charge is 0.191 e. The molecular formula is C18H29N5S. The number of nitrogens with one attached hydrogen (secondary N) is 2. The first kappa shape index (κ1) is 18.6. The molecule has 5 nitrogen and oxygen atoms in total. The molecule has 0 radical (unpaired) electrons. The van der Waals surface area contributed by atoms with Gasteiger partial charge in [0.2, 0.25) is 0 Å². The Bertz CT molecular complexity index is 690. The van der Waals surface area contributed by atoms with Gasteiger partial charge in [0.1, 0.15) is 5.82 Å². The van der Waals surface area contributed by atoms with Crippen LogP contribution in [0.15, 0.2) is 29.3 Å². The number of aromatic nitrogens is 2. The molecule has 2 N–H and O–H groups in total. The molecule has 1 aromatic heterocycles. The number of hydrogen-bond acceptors (Lipinski definition) is 3. The summed E-state index contributed by atoms with van der Waals surface area (Å²) < 4.78 is 2.48. The molecule has 2 aromatic rings. The van der Waals surface area contributed by atoms with Gasteiger partial charge >= 0.3 is 0 Å². The Hall–Kier alpha value is -1.69. The number of para-hydroxylation sites is 2. The second-order valence-electron chi connectivity index (χ2n) is 6.47. The van der Waals surface area contributed by atoms with Gasteiger partial charge in [-0.3, -0.25) is 4.99 Å². The Balaban J connectivity index is 1.82. The van der Waals surface area contributed by atoms with Gasteiger partial charge < -0.3 is 15.2 Å². The predicted octanol–water partition coefficient (Wildman–Crippen LogP) is 3.04. The highest BCUT2D eigenvalue weighted by Crippen LogP contribution is 2.19. The third-order valence-electron chi connectivity index (χ3n) is 4.15. The topological polar surface area (TPSA) is 54.2 Å². The van der Waals surface area contributed by atoms with Crippen molar-refractivity contribution in [3.8, 4) is 0 Å². The lowest BCUT2D eigenvalue weighted by Gasteiger charge is -2.23. The lowest BCUT2D eigenvalue weighted by atomic mass is 10.2. The van der Waals surface area contributed by atoms with Crippen molar-refractivity contribution in [2.75, 3.05) is 26.4 Å². The van der Waals surface area contributed by atoms with Crippen molar-refractivity contribution >= 4 is 28.8 Å². The van der Waals surface area contributed by atoms with Crippen LogP contribution in [0.3, 0.4) is 0 Å². The second kappa shape index (κ2) is 8.42. The maximum absolute atomic E-state index is 4.61. The van der Waals surface area contributed by atoms with Gasteiger partial charge in [-0.15, -0.1) is 0 Å². The molecule has 24 heavy (non-hydrogen) atoms. The van der Waals surface area contributed by atoms with Gasteiger partial charge in [0, 0.05) is 31.4 Å². The summed E-state index contributed by atoms with van der Waals surface area (Å²) in [6.07, 6.45) is 3.16. The summed E-state index contributed by atoms with van der Waals surface area (Å²) in [5.74, 6) is 1.93. The molecular weight excluding hydrogens is 318 g/mol. The highest BCUT2D eigenvalue weighted by atomic mass is 32.2. The van der Waals surface area contributed by atoms with Gasteiger partial charge in [-0.25, -0.2) is 4.98 Å². The molecule has 1 aromatic carbocycles. The summed E-state index contributed by atoms with van der Waals surface area (Å²) in [7, 11) is 1.81. The summed E-state index contributed by atoms with van der Waals surface area (Å²) in [5, 5.41) is 6.79. The number of guanidine groups is 1. The minimum absolute atomic E-state index is 0.199. The fraction of sp³-hybridized carbons (Fsp3) is 0.556. The van der Waals surface area contributed by atoms with Crippen LogP contribution < -0.4 is 10.6 Å². The van der Waals surface area contributed by atoms with E-state index >= 15 is 0 Å². The lowest BCUT2D eigenvalue weighted by molar-refractivity contribution is 0.616. The number of fused-ring (bicyclic) bond motifs is 1. The fourth-order valence-electron chi connectivity index (χ4n) is 2.51. The van der Waals surface area contributed by atoms with E-state index in [2.05, 4.69) is 70.4 Å². The minimum Gasteiger partial charge on any atom is -0.356 e. The zero-order valence-electron chi connectivity index (χ0n) is 15.4. The number of nitrogens with zero attached hydrogens (tertiary/aromatic N) is 3. The van der Waals surface area contributed by atoms with E-state index in [1.165, 1.54) is 5.52 Å². The molecule has 0 bridgehead atoms. The zero-order chi connectivity index (χ0) is 17.6. The maximum Gasteiger partial charge on any atom is 0.191 e. The van der Waals surface area contributed by atoms with Gasteiger partial charge in [0.25, 0.3) is 0 Å². The van der Waals surface area contributed by atoms with E-state index in [-0.39, 0.29) is 4.75 Å². The van der Waals surface area contributed by atoms with Crippen LogP contribution in [0.25, 0.3) is 11.0 Å². The van der Waals surface area contributed by atoms with E-state index in [1.807, 2.05) is 24.9 Å². The zero-order valence-corrected chi connectivity index (χ0v) is 16.2. The quantitative estimate of drug-likeness (QED) is 0.459. The molecule has 0 saturated heterocycles. The molecule has 0 unspecified atom stereocenters. The van der Waals surface area contributed by atoms with E-state index in [1.54, 1.807) is 0 Å². The molecule has 0 aliphatic carbocycles. The number of thioether (sulfide) groups is 1. The Morgan fingerprint density at radius 1 is 1.29 bits per heavy atom. The molecule has 0 amide bonds. The molecule has 132 valence electrons. The molecule has 0 aliphatic heterocycles. The molecule has 0 fully saturated rings. The van der Waals surface area contributed by atoms with E-state index in [9.17, 15) is 0 Å². The highest BCUT2D eigenvalue weighted by Gasteiger charge is 2.16. The fourth-order valence-corrected chi connectivity index (χ4v) is 2.73. The molecule has 0 aliphatic rings. The van der Waals surface area contributed by atoms with Crippen LogP contribution in [-0.4, -0.2) is 46.7 Å². The predicted molar refractivity (Wildman–Crippen MR) is 106 cm³/mol. The second-order valence-corrected chi connectivity index (χ2v) is 7.98. The number of hydrogen-bond donors (Lipinski definition) is 2. The Kier molecular flexibility index (Phi) is 6.54. The third-order valence-corrected chi connectivity index (χ3v) is 5.40. The first-order chi connectivity index (χ1) is 11.5. The minimum atomic E-state index is 0.199. The average Bonchev–Trinajstić information content (AvgIpc) is 2.89. The van der Waals surface area contributed by atoms with Crippen LogP contribution in [-0.2, 0) is 6.54 Å². The van der Waals surface area contributed by atoms with Gasteiger partial charge in [0.05, 0.1) is 11.0 Å². The van der Waals surface area contributed by atoms with Crippen LogP contribution >= 0.6 is 11.8 Å². The average molecular weight is 348 g/mol. The van der Waals surface area contributed by atoms with Crippen molar-refractivity contribution in [1.29, 1.82) is 0 Å². The number of benzene rings is 1. The summed E-state index contributed by atoms with van der Waals surface area (Å²) in [6.45, 7) is 9.24. The molecule has 1 heterocycles. The summed E-state index contributed by atoms with van der Waals surface area (Å²) in [6, 6.07) is 8.30. The van der Waals surface area contributed by atoms with E-state index in [4.69, 9.17) is 0 Å². The van der Waals surface area contributed by atoms with Crippen molar-refractivity contribution in [1.82, 2.24) is 20.2 Å². The van der Waals surface area contributed by atoms with Gasteiger partial charge in [-0.1, -0.05) is 12.1 Å². The number of rotatable bonds is 7. The molecule has 6 heteroatoms. The Morgan fingerprint density at radius 2 is 2.04 bits per heavy atom. The number of aliphatic imine (C=N–C) groups is 1. The molecule has 0 spiro atoms. The van der Waals surface area contributed by atoms with E-state index < -0.39 is 0 Å². The molecule has 0 saturated carbocycles. The van der Waals surface area contributed by atoms with Crippen molar-refractivity contribution in [2.24, 2.45) is 4.99 Å². The van der Waals surface area contributed by atoms with E-state index in [0.29, 0.717) is 0 Å². The Labute approximate surface area is 149 Å². The van der Waals surface area contributed by atoms with Crippen LogP contribution in [0.5, 0.6) is 0 Å². The summed E-state index contributed by atoms with van der Waals surface area (Å²) >= 11 is 1.85. The van der Waals surface area contributed by atoms with Gasteiger partial charge in [-0.05, 0) is 45.6 Å². The SMILES string of the molecule is CN=C(NCCCn1c(C)nc2ccccc21)NCC(C)(C)SC. The molecule has 2 rings (SSSR count). The maximum atomic E-state index is 4.61. The van der Waals surface area contributed by atoms with Crippen LogP contribution in [0, 0.1) is 6.92 Å². The van der Waals surface area contributed by atoms with Crippen LogP contribution in [0.1, 0.15) is 26.1 Å². The Morgan fingerprint density at radius 3 is 2.75 bits per heavy atom. The summed E-state index contributed by atoms with van der Waals surface area (Å²) in [5.41, 5.74) is 2.28. The van der Waals surface area contributed by atoms with E-state index in [0.717, 1.165) is 43.4 Å².